The molecule has 0 radical (unpaired) electrons. The van der Waals surface area contributed by atoms with Gasteiger partial charge in [-0.1, -0.05) is 11.6 Å². The van der Waals surface area contributed by atoms with Crippen LogP contribution in [0.1, 0.15) is 0 Å². The molecule has 0 amide bonds. The van der Waals surface area contributed by atoms with Crippen molar-refractivity contribution in [3.8, 4) is 0 Å². The summed E-state index contributed by atoms with van der Waals surface area (Å²) in [7, 11) is -3.99. The van der Waals surface area contributed by atoms with Crippen LogP contribution in [0.2, 0.25) is 5.02 Å². The normalized spacial score (nSPS) is 15.2. The molecule has 0 aliphatic heterocycles. The Morgan fingerprint density at radius 3 is 2.12 bits per heavy atom. The summed E-state index contributed by atoms with van der Waals surface area (Å²) in [5.74, 6) is -1.48. The molecule has 2 atom stereocenters. The van der Waals surface area contributed by atoms with Crippen LogP contribution in [-0.4, -0.2) is 30.9 Å². The summed E-state index contributed by atoms with van der Waals surface area (Å²) in [6.07, 6.45) is 0. The molecule has 5 N–H and O–H groups in total. The number of nitrogens with two attached hydrogens (primary N) is 2. The van der Waals surface area contributed by atoms with Gasteiger partial charge in [0.2, 0.25) is 0 Å². The van der Waals surface area contributed by atoms with E-state index >= 15 is 0 Å². The van der Waals surface area contributed by atoms with Gasteiger partial charge in [-0.15, -0.1) is 0 Å². The predicted octanol–water partition coefficient (Wildman–Crippen LogP) is -0.190. The lowest BCUT2D eigenvalue weighted by molar-refractivity contribution is -0.138. The van der Waals surface area contributed by atoms with Crippen molar-refractivity contribution in [2.45, 2.75) is 16.3 Å². The van der Waals surface area contributed by atoms with Crippen molar-refractivity contribution in [2.24, 2.45) is 11.5 Å². The Kier molecular flexibility index (Phi) is 4.10. The summed E-state index contributed by atoms with van der Waals surface area (Å²) in [4.78, 5) is 10.5. The quantitative estimate of drug-likeness (QED) is 0.701. The van der Waals surface area contributed by atoms with Gasteiger partial charge in [0.05, 0.1) is 4.90 Å². The molecule has 2 unspecified atom stereocenters. The standard InChI is InChI=1S/C9H11ClN2O4S/c10-5-1-3-6(4-2-5)17(15,16)8(12)7(11)9(13)14/h1-4,7-8H,11-12H2,(H,13,14). The summed E-state index contributed by atoms with van der Waals surface area (Å²) in [6, 6.07) is 3.54. The number of aliphatic carboxylic acids is 1. The second-order valence-electron chi connectivity index (χ2n) is 3.33. The zero-order valence-corrected chi connectivity index (χ0v) is 10.1. The number of rotatable bonds is 4. The fourth-order valence-electron chi connectivity index (χ4n) is 1.11. The van der Waals surface area contributed by atoms with E-state index < -0.39 is 27.2 Å². The van der Waals surface area contributed by atoms with E-state index in [0.717, 1.165) is 0 Å². The van der Waals surface area contributed by atoms with Gasteiger partial charge in [0.1, 0.15) is 11.4 Å². The van der Waals surface area contributed by atoms with Gasteiger partial charge in [0.15, 0.2) is 9.84 Å². The Bertz CT molecular complexity index is 514. The molecule has 1 rings (SSSR count). The van der Waals surface area contributed by atoms with Crippen molar-refractivity contribution in [3.05, 3.63) is 29.3 Å². The highest BCUT2D eigenvalue weighted by atomic mass is 35.5. The maximum atomic E-state index is 11.9. The van der Waals surface area contributed by atoms with Gasteiger partial charge in [-0.25, -0.2) is 8.42 Å². The van der Waals surface area contributed by atoms with Gasteiger partial charge < -0.3 is 16.6 Å². The molecule has 0 heterocycles. The summed E-state index contributed by atoms with van der Waals surface area (Å²) in [5, 5.41) is 7.27. The zero-order valence-electron chi connectivity index (χ0n) is 8.58. The topological polar surface area (TPSA) is 123 Å². The smallest absolute Gasteiger partial charge is 0.323 e. The third-order valence-corrected chi connectivity index (χ3v) is 4.33. The molecule has 0 saturated carbocycles. The minimum Gasteiger partial charge on any atom is -0.480 e. The molecule has 0 aromatic heterocycles. The lowest BCUT2D eigenvalue weighted by Gasteiger charge is -2.16. The minimum atomic E-state index is -3.99. The molecule has 1 aromatic rings. The summed E-state index contributed by atoms with van der Waals surface area (Å²) >= 11 is 5.61. The van der Waals surface area contributed by atoms with Crippen molar-refractivity contribution >= 4 is 27.4 Å². The number of hydrogen-bond acceptors (Lipinski definition) is 5. The van der Waals surface area contributed by atoms with Crippen LogP contribution in [0.5, 0.6) is 0 Å². The third-order valence-electron chi connectivity index (χ3n) is 2.14. The van der Waals surface area contributed by atoms with Gasteiger partial charge in [-0.2, -0.15) is 0 Å². The molecule has 8 heteroatoms. The van der Waals surface area contributed by atoms with Crippen LogP contribution in [0.25, 0.3) is 0 Å². The SMILES string of the molecule is NC(C(=O)O)C(N)S(=O)(=O)c1ccc(Cl)cc1. The molecule has 6 nitrogen and oxygen atoms in total. The monoisotopic (exact) mass is 278 g/mol. The lowest BCUT2D eigenvalue weighted by atomic mass is 10.3. The van der Waals surface area contributed by atoms with E-state index in [0.29, 0.717) is 5.02 Å². The van der Waals surface area contributed by atoms with Crippen LogP contribution in [0, 0.1) is 0 Å². The van der Waals surface area contributed by atoms with Crippen molar-refractivity contribution in [2.75, 3.05) is 0 Å². The second-order valence-corrected chi connectivity index (χ2v) is 5.87. The molecule has 0 bridgehead atoms. The maximum absolute atomic E-state index is 11.9. The number of carboxylic acids is 1. The summed E-state index contributed by atoms with van der Waals surface area (Å²) in [6.45, 7) is 0. The van der Waals surface area contributed by atoms with Crippen molar-refractivity contribution in [3.63, 3.8) is 0 Å². The van der Waals surface area contributed by atoms with Crippen LogP contribution >= 0.6 is 11.6 Å². The van der Waals surface area contributed by atoms with Crippen LogP contribution in [0.3, 0.4) is 0 Å². The van der Waals surface area contributed by atoms with E-state index in [-0.39, 0.29) is 4.90 Å². The minimum absolute atomic E-state index is 0.119. The van der Waals surface area contributed by atoms with Gasteiger partial charge >= 0.3 is 5.97 Å². The Morgan fingerprint density at radius 2 is 1.71 bits per heavy atom. The van der Waals surface area contributed by atoms with Gasteiger partial charge in [-0.3, -0.25) is 4.79 Å². The molecule has 1 aromatic carbocycles. The highest BCUT2D eigenvalue weighted by Crippen LogP contribution is 2.18. The average Bonchev–Trinajstić information content (AvgIpc) is 2.27. The molecule has 0 aliphatic carbocycles. The first-order valence-corrected chi connectivity index (χ1v) is 6.42. The van der Waals surface area contributed by atoms with Crippen molar-refractivity contribution in [1.82, 2.24) is 0 Å². The van der Waals surface area contributed by atoms with Crippen molar-refractivity contribution in [1.29, 1.82) is 0 Å². The fraction of sp³-hybridized carbons (Fsp3) is 0.222. The highest BCUT2D eigenvalue weighted by molar-refractivity contribution is 7.92. The van der Waals surface area contributed by atoms with E-state index in [4.69, 9.17) is 28.2 Å². The number of benzene rings is 1. The Morgan fingerprint density at radius 1 is 1.24 bits per heavy atom. The number of sulfone groups is 1. The fourth-order valence-corrected chi connectivity index (χ4v) is 2.57. The zero-order chi connectivity index (χ0) is 13.2. The van der Waals surface area contributed by atoms with Crippen LogP contribution in [0.4, 0.5) is 0 Å². The Balaban J connectivity index is 3.11. The first-order chi connectivity index (χ1) is 7.76. The van der Waals surface area contributed by atoms with Crippen molar-refractivity contribution < 1.29 is 18.3 Å². The van der Waals surface area contributed by atoms with E-state index in [9.17, 15) is 13.2 Å². The molecule has 0 aliphatic rings. The Labute approximate surface area is 103 Å². The molecule has 94 valence electrons. The first kappa shape index (κ1) is 13.9. The van der Waals surface area contributed by atoms with Crippen LogP contribution < -0.4 is 11.5 Å². The highest BCUT2D eigenvalue weighted by Gasteiger charge is 2.33. The molecule has 17 heavy (non-hydrogen) atoms. The first-order valence-electron chi connectivity index (χ1n) is 4.50. The number of carboxylic acid groups (broad SMARTS) is 1. The average molecular weight is 279 g/mol. The van der Waals surface area contributed by atoms with E-state index in [1.807, 2.05) is 0 Å². The molecule has 0 spiro atoms. The van der Waals surface area contributed by atoms with Crippen LogP contribution in [0.15, 0.2) is 29.2 Å². The summed E-state index contributed by atoms with van der Waals surface area (Å²) < 4.78 is 23.8. The molecule has 0 fully saturated rings. The predicted molar refractivity (Wildman–Crippen MR) is 62.2 cm³/mol. The van der Waals surface area contributed by atoms with Gasteiger partial charge in [-0.05, 0) is 24.3 Å². The Hall–Kier alpha value is -1.15. The van der Waals surface area contributed by atoms with Gasteiger partial charge in [0.25, 0.3) is 0 Å². The van der Waals surface area contributed by atoms with E-state index in [1.165, 1.54) is 24.3 Å². The van der Waals surface area contributed by atoms with E-state index in [2.05, 4.69) is 0 Å². The van der Waals surface area contributed by atoms with E-state index in [1.54, 1.807) is 0 Å². The molecular weight excluding hydrogens is 268 g/mol. The third kappa shape index (κ3) is 2.95. The number of halogens is 1. The lowest BCUT2D eigenvalue weighted by Crippen LogP contribution is -2.51. The maximum Gasteiger partial charge on any atom is 0.323 e. The molecular formula is C9H11ClN2O4S. The number of carbonyl (C=O) groups is 1. The molecule has 0 saturated heterocycles. The van der Waals surface area contributed by atoms with Gasteiger partial charge in [0, 0.05) is 5.02 Å². The second kappa shape index (κ2) is 5.01. The number of hydrogen-bond donors (Lipinski definition) is 3. The van der Waals surface area contributed by atoms with Crippen LogP contribution in [-0.2, 0) is 14.6 Å². The summed E-state index contributed by atoms with van der Waals surface area (Å²) in [5.41, 5.74) is 10.5. The largest absolute Gasteiger partial charge is 0.480 e.